The molecule has 1 aliphatic heterocycles. The molecule has 1 saturated carbocycles. The van der Waals surface area contributed by atoms with Gasteiger partial charge in [0.05, 0.1) is 6.10 Å². The fourth-order valence-electron chi connectivity index (χ4n) is 3.73. The highest BCUT2D eigenvalue weighted by molar-refractivity contribution is 4.88. The van der Waals surface area contributed by atoms with Crippen LogP contribution in [0, 0.1) is 11.3 Å². The van der Waals surface area contributed by atoms with Crippen molar-refractivity contribution in [2.24, 2.45) is 17.1 Å². The summed E-state index contributed by atoms with van der Waals surface area (Å²) in [7, 11) is 2.23. The molecule has 1 aliphatic carbocycles. The Morgan fingerprint density at radius 2 is 2.00 bits per heavy atom. The van der Waals surface area contributed by atoms with Crippen LogP contribution in [0.1, 0.15) is 52.4 Å². The fourth-order valence-corrected chi connectivity index (χ4v) is 3.73. The molecule has 1 heterocycles. The highest BCUT2D eigenvalue weighted by Crippen LogP contribution is 2.38. The van der Waals surface area contributed by atoms with Crippen molar-refractivity contribution in [2.45, 2.75) is 64.5 Å². The maximum Gasteiger partial charge on any atom is 0.0701 e. The van der Waals surface area contributed by atoms with Crippen LogP contribution in [-0.2, 0) is 4.74 Å². The molecule has 3 nitrogen and oxygen atoms in total. The van der Waals surface area contributed by atoms with Gasteiger partial charge >= 0.3 is 0 Å². The zero-order valence-electron chi connectivity index (χ0n) is 13.0. The van der Waals surface area contributed by atoms with E-state index in [1.807, 2.05) is 0 Å². The second-order valence-corrected chi connectivity index (χ2v) is 7.54. The molecule has 2 fully saturated rings. The lowest BCUT2D eigenvalue weighted by molar-refractivity contribution is -0.00652. The van der Waals surface area contributed by atoms with Gasteiger partial charge in [-0.1, -0.05) is 13.8 Å². The molecule has 0 amide bonds. The highest BCUT2D eigenvalue weighted by Gasteiger charge is 2.33. The average Bonchev–Trinajstić information content (AvgIpc) is 2.35. The third-order valence-corrected chi connectivity index (χ3v) is 4.91. The van der Waals surface area contributed by atoms with Crippen LogP contribution in [0.15, 0.2) is 0 Å². The van der Waals surface area contributed by atoms with Crippen molar-refractivity contribution in [1.29, 1.82) is 0 Å². The van der Waals surface area contributed by atoms with Gasteiger partial charge in [0.15, 0.2) is 0 Å². The molecule has 3 atom stereocenters. The molecular weight excluding hydrogens is 236 g/mol. The molecule has 2 aliphatic rings. The van der Waals surface area contributed by atoms with Gasteiger partial charge < -0.3 is 15.4 Å². The molecule has 0 radical (unpaired) electrons. The number of hydrogen-bond acceptors (Lipinski definition) is 3. The summed E-state index contributed by atoms with van der Waals surface area (Å²) in [4.78, 5) is 2.45. The third-order valence-electron chi connectivity index (χ3n) is 4.91. The van der Waals surface area contributed by atoms with Gasteiger partial charge in [-0.05, 0) is 56.9 Å². The van der Waals surface area contributed by atoms with Crippen molar-refractivity contribution in [3.05, 3.63) is 0 Å². The molecule has 0 spiro atoms. The standard InChI is InChI=1S/C16H32N2O/c1-16(2)8-7-15(17)13(10-16)11-18(3)12-14-6-4-5-9-19-14/h13-15H,4-12,17H2,1-3H3. The van der Waals surface area contributed by atoms with E-state index in [-0.39, 0.29) is 0 Å². The summed E-state index contributed by atoms with van der Waals surface area (Å²) in [5, 5.41) is 0. The van der Waals surface area contributed by atoms with E-state index in [0.29, 0.717) is 23.5 Å². The zero-order valence-corrected chi connectivity index (χ0v) is 13.0. The molecule has 0 bridgehead atoms. The van der Waals surface area contributed by atoms with Crippen LogP contribution in [0.2, 0.25) is 0 Å². The van der Waals surface area contributed by atoms with Crippen LogP contribution in [0.25, 0.3) is 0 Å². The maximum atomic E-state index is 6.32. The lowest BCUT2D eigenvalue weighted by Crippen LogP contribution is -2.45. The molecule has 2 rings (SSSR count). The number of nitrogens with zero attached hydrogens (tertiary/aromatic N) is 1. The fraction of sp³-hybridized carbons (Fsp3) is 1.00. The second-order valence-electron chi connectivity index (χ2n) is 7.54. The van der Waals surface area contributed by atoms with Crippen LogP contribution in [0.5, 0.6) is 0 Å². The Morgan fingerprint density at radius 3 is 2.68 bits per heavy atom. The van der Waals surface area contributed by atoms with Gasteiger partial charge in [0.1, 0.15) is 0 Å². The first-order chi connectivity index (χ1) is 8.96. The van der Waals surface area contributed by atoms with E-state index in [2.05, 4.69) is 25.8 Å². The Morgan fingerprint density at radius 1 is 1.21 bits per heavy atom. The van der Waals surface area contributed by atoms with Gasteiger partial charge in [-0.3, -0.25) is 0 Å². The zero-order chi connectivity index (χ0) is 13.9. The molecule has 3 heteroatoms. The van der Waals surface area contributed by atoms with Gasteiger partial charge in [-0.25, -0.2) is 0 Å². The number of hydrogen-bond donors (Lipinski definition) is 1. The number of ether oxygens (including phenoxy) is 1. The van der Waals surface area contributed by atoms with Crippen molar-refractivity contribution in [1.82, 2.24) is 4.90 Å². The molecule has 112 valence electrons. The normalized spacial score (nSPS) is 35.5. The topological polar surface area (TPSA) is 38.5 Å². The highest BCUT2D eigenvalue weighted by atomic mass is 16.5. The van der Waals surface area contributed by atoms with E-state index in [0.717, 1.165) is 19.7 Å². The molecule has 0 aromatic carbocycles. The van der Waals surface area contributed by atoms with E-state index < -0.39 is 0 Å². The number of likely N-dealkylation sites (N-methyl/N-ethyl adjacent to an activating group) is 1. The lowest BCUT2D eigenvalue weighted by Gasteiger charge is -2.41. The van der Waals surface area contributed by atoms with E-state index in [9.17, 15) is 0 Å². The minimum absolute atomic E-state index is 0.391. The predicted octanol–water partition coefficient (Wildman–Crippen LogP) is 2.64. The summed E-state index contributed by atoms with van der Waals surface area (Å²) in [6.45, 7) is 7.93. The summed E-state index contributed by atoms with van der Waals surface area (Å²) in [5.74, 6) is 0.650. The average molecular weight is 268 g/mol. The predicted molar refractivity (Wildman–Crippen MR) is 80.2 cm³/mol. The Labute approximate surface area is 118 Å². The maximum absolute atomic E-state index is 6.32. The lowest BCUT2D eigenvalue weighted by atomic mass is 9.70. The minimum Gasteiger partial charge on any atom is -0.377 e. The van der Waals surface area contributed by atoms with Crippen molar-refractivity contribution in [3.8, 4) is 0 Å². The van der Waals surface area contributed by atoms with Crippen molar-refractivity contribution in [3.63, 3.8) is 0 Å². The third kappa shape index (κ3) is 4.73. The van der Waals surface area contributed by atoms with Gasteiger partial charge in [0.25, 0.3) is 0 Å². The van der Waals surface area contributed by atoms with E-state index in [1.165, 1.54) is 38.5 Å². The molecule has 0 aromatic rings. The summed E-state index contributed by atoms with van der Waals surface area (Å²) in [6.07, 6.45) is 7.98. The molecular formula is C16H32N2O. The Kier molecular flexibility index (Phi) is 5.27. The first-order valence-corrected chi connectivity index (χ1v) is 8.02. The Bertz CT molecular complexity index is 274. The van der Waals surface area contributed by atoms with Gasteiger partial charge in [-0.15, -0.1) is 0 Å². The minimum atomic E-state index is 0.391. The van der Waals surface area contributed by atoms with Crippen LogP contribution in [0.4, 0.5) is 0 Å². The summed E-state index contributed by atoms with van der Waals surface area (Å²) in [6, 6.07) is 0.391. The van der Waals surface area contributed by atoms with Gasteiger partial charge in [-0.2, -0.15) is 0 Å². The molecule has 3 unspecified atom stereocenters. The van der Waals surface area contributed by atoms with E-state index in [1.54, 1.807) is 0 Å². The van der Waals surface area contributed by atoms with Crippen LogP contribution in [0.3, 0.4) is 0 Å². The molecule has 1 saturated heterocycles. The molecule has 0 aromatic heterocycles. The quantitative estimate of drug-likeness (QED) is 0.852. The van der Waals surface area contributed by atoms with Crippen LogP contribution in [-0.4, -0.2) is 43.8 Å². The van der Waals surface area contributed by atoms with Gasteiger partial charge in [0.2, 0.25) is 0 Å². The van der Waals surface area contributed by atoms with Crippen LogP contribution < -0.4 is 5.73 Å². The largest absolute Gasteiger partial charge is 0.377 e. The molecule has 2 N–H and O–H groups in total. The monoisotopic (exact) mass is 268 g/mol. The van der Waals surface area contributed by atoms with Gasteiger partial charge in [0, 0.05) is 25.7 Å². The van der Waals surface area contributed by atoms with Crippen molar-refractivity contribution >= 4 is 0 Å². The molecule has 19 heavy (non-hydrogen) atoms. The summed E-state index contributed by atoms with van der Waals surface area (Å²) >= 11 is 0. The first-order valence-electron chi connectivity index (χ1n) is 8.02. The summed E-state index contributed by atoms with van der Waals surface area (Å²) in [5.41, 5.74) is 6.80. The Hall–Kier alpha value is -0.120. The van der Waals surface area contributed by atoms with E-state index >= 15 is 0 Å². The number of rotatable bonds is 4. The van der Waals surface area contributed by atoms with Crippen LogP contribution >= 0.6 is 0 Å². The Balaban J connectivity index is 1.78. The number of nitrogens with two attached hydrogens (primary N) is 1. The SMILES string of the molecule is CN(CC1CCCCO1)CC1CC(C)(C)CCC1N. The van der Waals surface area contributed by atoms with Crippen molar-refractivity contribution in [2.75, 3.05) is 26.7 Å². The summed E-state index contributed by atoms with van der Waals surface area (Å²) < 4.78 is 5.83. The first kappa shape index (κ1) is 15.3. The van der Waals surface area contributed by atoms with E-state index in [4.69, 9.17) is 10.5 Å². The van der Waals surface area contributed by atoms with Crippen molar-refractivity contribution < 1.29 is 4.74 Å². The second kappa shape index (κ2) is 6.55. The smallest absolute Gasteiger partial charge is 0.0701 e.